The van der Waals surface area contributed by atoms with Crippen molar-refractivity contribution in [2.45, 2.75) is 20.8 Å². The molecule has 0 aliphatic rings. The lowest BCUT2D eigenvalue weighted by Crippen LogP contribution is -1.91. The highest BCUT2D eigenvalue weighted by molar-refractivity contribution is 5.87. The van der Waals surface area contributed by atoms with Crippen molar-refractivity contribution in [3.8, 4) is 22.5 Å². The SMILES string of the molecule is Cc1oc(C)c(-c2noc(N)c2-c2ccccn2)c1C. The summed E-state index contributed by atoms with van der Waals surface area (Å²) in [6.07, 6.45) is 1.71. The quantitative estimate of drug-likeness (QED) is 0.770. The van der Waals surface area contributed by atoms with Crippen molar-refractivity contribution in [1.29, 1.82) is 0 Å². The molecule has 0 saturated heterocycles. The van der Waals surface area contributed by atoms with Gasteiger partial charge in [-0.05, 0) is 38.5 Å². The third-order valence-electron chi connectivity index (χ3n) is 3.44. The molecule has 0 saturated carbocycles. The molecule has 0 atom stereocenters. The molecule has 3 heterocycles. The van der Waals surface area contributed by atoms with Crippen molar-refractivity contribution in [2.75, 3.05) is 5.73 Å². The summed E-state index contributed by atoms with van der Waals surface area (Å²) in [4.78, 5) is 4.32. The molecule has 0 aliphatic carbocycles. The molecule has 0 radical (unpaired) electrons. The zero-order chi connectivity index (χ0) is 14.3. The Kier molecular flexibility index (Phi) is 2.82. The predicted molar refractivity (Wildman–Crippen MR) is 76.1 cm³/mol. The predicted octanol–water partition coefficient (Wildman–Crippen LogP) is 3.50. The molecule has 20 heavy (non-hydrogen) atoms. The van der Waals surface area contributed by atoms with Crippen molar-refractivity contribution in [3.63, 3.8) is 0 Å². The summed E-state index contributed by atoms with van der Waals surface area (Å²) in [6, 6.07) is 5.63. The second-order valence-corrected chi connectivity index (χ2v) is 4.70. The molecule has 3 rings (SSSR count). The summed E-state index contributed by atoms with van der Waals surface area (Å²) in [5.41, 5.74) is 9.99. The maximum Gasteiger partial charge on any atom is 0.232 e. The lowest BCUT2D eigenvalue weighted by molar-refractivity contribution is 0.439. The number of furan rings is 1. The number of nitrogens with zero attached hydrogens (tertiary/aromatic N) is 2. The second kappa shape index (κ2) is 4.52. The number of hydrogen-bond acceptors (Lipinski definition) is 5. The van der Waals surface area contributed by atoms with E-state index in [0.29, 0.717) is 11.3 Å². The standard InChI is InChI=1S/C15H15N3O2/c1-8-9(2)19-10(3)12(8)14-13(15(16)20-18-14)11-6-4-5-7-17-11/h4-7H,16H2,1-3H3. The van der Waals surface area contributed by atoms with Crippen LogP contribution in [0.15, 0.2) is 33.3 Å². The Bertz CT molecular complexity index is 757. The van der Waals surface area contributed by atoms with Crippen LogP contribution in [-0.2, 0) is 0 Å². The Balaban J connectivity index is 2.27. The molecule has 3 aromatic heterocycles. The minimum absolute atomic E-state index is 0.261. The van der Waals surface area contributed by atoms with Crippen LogP contribution < -0.4 is 5.73 Å². The highest BCUT2D eigenvalue weighted by Crippen LogP contribution is 2.39. The molecule has 5 heteroatoms. The summed E-state index contributed by atoms with van der Waals surface area (Å²) in [5, 5.41) is 4.10. The molecule has 0 aliphatic heterocycles. The van der Waals surface area contributed by atoms with Crippen LogP contribution in [0.25, 0.3) is 22.5 Å². The van der Waals surface area contributed by atoms with E-state index in [9.17, 15) is 0 Å². The number of pyridine rings is 1. The fourth-order valence-corrected chi connectivity index (χ4v) is 2.37. The van der Waals surface area contributed by atoms with Gasteiger partial charge in [0, 0.05) is 11.8 Å². The number of anilines is 1. The fourth-order valence-electron chi connectivity index (χ4n) is 2.37. The second-order valence-electron chi connectivity index (χ2n) is 4.70. The summed E-state index contributed by atoms with van der Waals surface area (Å²) in [5.74, 6) is 1.92. The number of rotatable bonds is 2. The number of aryl methyl sites for hydroxylation is 2. The van der Waals surface area contributed by atoms with Crippen LogP contribution in [0.3, 0.4) is 0 Å². The molecular weight excluding hydrogens is 254 g/mol. The van der Waals surface area contributed by atoms with E-state index in [4.69, 9.17) is 14.7 Å². The van der Waals surface area contributed by atoms with Crippen LogP contribution in [-0.4, -0.2) is 10.1 Å². The van der Waals surface area contributed by atoms with Crippen molar-refractivity contribution >= 4 is 5.88 Å². The maximum absolute atomic E-state index is 5.92. The van der Waals surface area contributed by atoms with E-state index in [2.05, 4.69) is 10.1 Å². The van der Waals surface area contributed by atoms with Crippen molar-refractivity contribution in [1.82, 2.24) is 10.1 Å². The lowest BCUT2D eigenvalue weighted by Gasteiger charge is -2.02. The van der Waals surface area contributed by atoms with Crippen LogP contribution in [0.5, 0.6) is 0 Å². The molecule has 0 aromatic carbocycles. The monoisotopic (exact) mass is 269 g/mol. The smallest absolute Gasteiger partial charge is 0.232 e. The maximum atomic E-state index is 5.92. The van der Waals surface area contributed by atoms with Crippen molar-refractivity contribution in [3.05, 3.63) is 41.5 Å². The van der Waals surface area contributed by atoms with E-state index in [1.807, 2.05) is 39.0 Å². The van der Waals surface area contributed by atoms with Gasteiger partial charge in [0.25, 0.3) is 0 Å². The Morgan fingerprint density at radius 1 is 1.05 bits per heavy atom. The van der Waals surface area contributed by atoms with Crippen molar-refractivity contribution < 1.29 is 8.94 Å². The highest BCUT2D eigenvalue weighted by atomic mass is 16.5. The van der Waals surface area contributed by atoms with Gasteiger partial charge in [-0.3, -0.25) is 4.98 Å². The van der Waals surface area contributed by atoms with E-state index in [-0.39, 0.29) is 5.88 Å². The molecular formula is C15H15N3O2. The summed E-state index contributed by atoms with van der Waals surface area (Å²) in [6.45, 7) is 5.83. The van der Waals surface area contributed by atoms with E-state index < -0.39 is 0 Å². The molecule has 0 fully saturated rings. The van der Waals surface area contributed by atoms with Gasteiger partial charge in [-0.25, -0.2) is 0 Å². The first kappa shape index (κ1) is 12.5. The minimum Gasteiger partial charge on any atom is -0.466 e. The first-order valence-electron chi connectivity index (χ1n) is 6.33. The number of nitrogen functional groups attached to an aromatic ring is 1. The molecule has 2 N–H and O–H groups in total. The average molecular weight is 269 g/mol. The lowest BCUT2D eigenvalue weighted by atomic mass is 10.0. The zero-order valence-electron chi connectivity index (χ0n) is 11.6. The number of aromatic nitrogens is 2. The van der Waals surface area contributed by atoms with Gasteiger partial charge in [0.15, 0.2) is 0 Å². The highest BCUT2D eigenvalue weighted by Gasteiger charge is 2.24. The van der Waals surface area contributed by atoms with Crippen LogP contribution in [0.2, 0.25) is 0 Å². The van der Waals surface area contributed by atoms with Gasteiger partial charge in [0.2, 0.25) is 5.88 Å². The molecule has 0 amide bonds. The van der Waals surface area contributed by atoms with Gasteiger partial charge in [-0.15, -0.1) is 0 Å². The van der Waals surface area contributed by atoms with Crippen LogP contribution in [0, 0.1) is 20.8 Å². The Hall–Kier alpha value is -2.56. The molecule has 0 bridgehead atoms. The Labute approximate surface area is 116 Å². The van der Waals surface area contributed by atoms with Gasteiger partial charge >= 0.3 is 0 Å². The van der Waals surface area contributed by atoms with Gasteiger partial charge in [-0.2, -0.15) is 0 Å². The van der Waals surface area contributed by atoms with Crippen LogP contribution >= 0.6 is 0 Å². The van der Waals surface area contributed by atoms with Crippen molar-refractivity contribution in [2.24, 2.45) is 0 Å². The Morgan fingerprint density at radius 2 is 1.85 bits per heavy atom. The number of nitrogens with two attached hydrogens (primary N) is 1. The van der Waals surface area contributed by atoms with E-state index in [1.54, 1.807) is 6.20 Å². The van der Waals surface area contributed by atoms with Gasteiger partial charge in [-0.1, -0.05) is 11.2 Å². The normalized spacial score (nSPS) is 10.9. The topological polar surface area (TPSA) is 78.1 Å². The van der Waals surface area contributed by atoms with Crippen LogP contribution in [0.4, 0.5) is 5.88 Å². The summed E-state index contributed by atoms with van der Waals surface area (Å²) < 4.78 is 10.8. The molecule has 3 aromatic rings. The van der Waals surface area contributed by atoms with E-state index >= 15 is 0 Å². The molecule has 0 spiro atoms. The molecule has 5 nitrogen and oxygen atoms in total. The first-order chi connectivity index (χ1) is 9.59. The van der Waals surface area contributed by atoms with Gasteiger partial charge in [0.1, 0.15) is 17.2 Å². The zero-order valence-corrected chi connectivity index (χ0v) is 11.6. The first-order valence-corrected chi connectivity index (χ1v) is 6.33. The minimum atomic E-state index is 0.261. The van der Waals surface area contributed by atoms with Gasteiger partial charge in [0.05, 0.1) is 11.3 Å². The average Bonchev–Trinajstić information content (AvgIpc) is 2.92. The van der Waals surface area contributed by atoms with E-state index in [0.717, 1.165) is 28.3 Å². The molecule has 0 unspecified atom stereocenters. The summed E-state index contributed by atoms with van der Waals surface area (Å²) >= 11 is 0. The third kappa shape index (κ3) is 1.79. The molecule has 102 valence electrons. The number of hydrogen-bond donors (Lipinski definition) is 1. The van der Waals surface area contributed by atoms with E-state index in [1.165, 1.54) is 0 Å². The summed E-state index contributed by atoms with van der Waals surface area (Å²) in [7, 11) is 0. The fraction of sp³-hybridized carbons (Fsp3) is 0.200. The van der Waals surface area contributed by atoms with Crippen LogP contribution in [0.1, 0.15) is 17.1 Å². The Morgan fingerprint density at radius 3 is 2.45 bits per heavy atom. The third-order valence-corrected chi connectivity index (χ3v) is 3.44. The largest absolute Gasteiger partial charge is 0.466 e. The van der Waals surface area contributed by atoms with Gasteiger partial charge < -0.3 is 14.7 Å².